The number of fused-ring (bicyclic) bond motifs is 3. The van der Waals surface area contributed by atoms with Crippen LogP contribution in [0, 0.1) is 0 Å². The molecule has 1 aliphatic carbocycles. The lowest BCUT2D eigenvalue weighted by Gasteiger charge is -2.39. The van der Waals surface area contributed by atoms with Crippen LogP contribution in [0.5, 0.6) is 0 Å². The van der Waals surface area contributed by atoms with E-state index in [1.54, 1.807) is 12.4 Å². The van der Waals surface area contributed by atoms with E-state index in [0.29, 0.717) is 50.5 Å². The number of H-pyrrole nitrogens is 1. The summed E-state index contributed by atoms with van der Waals surface area (Å²) in [5.41, 5.74) is 4.21. The Labute approximate surface area is 256 Å². The number of benzene rings is 1. The van der Waals surface area contributed by atoms with Crippen LogP contribution in [0.2, 0.25) is 0 Å². The van der Waals surface area contributed by atoms with E-state index in [0.717, 1.165) is 86.6 Å². The Bertz CT molecular complexity index is 1590. The van der Waals surface area contributed by atoms with Gasteiger partial charge in [0.1, 0.15) is 0 Å². The maximum absolute atomic E-state index is 14.4. The standard InChI is InChI=1S/C33H39N7O4/c41-29(35-12-15-38-16-18-44-19-17-38)24-7-8-26-28(20-24)40(22-23-4-3-11-34-21-23)31(43)33(26)9-13-39(14-10-33)32-36-27-6-2-1-5-25(27)30(42)37-32/h3-4,7-8,11,20-21H,1-2,5-6,9-10,12-19,22H2,(H,35,41)(H,36,37,42). The van der Waals surface area contributed by atoms with Crippen LogP contribution in [0.25, 0.3) is 0 Å². The monoisotopic (exact) mass is 597 g/mol. The first-order chi connectivity index (χ1) is 21.5. The van der Waals surface area contributed by atoms with E-state index in [-0.39, 0.29) is 17.4 Å². The van der Waals surface area contributed by atoms with Crippen LogP contribution in [0.4, 0.5) is 11.6 Å². The molecule has 4 aliphatic rings. The van der Waals surface area contributed by atoms with Gasteiger partial charge in [-0.2, -0.15) is 0 Å². The Kier molecular flexibility index (Phi) is 7.90. The number of nitrogens with zero attached hydrogens (tertiary/aromatic N) is 5. The number of pyridine rings is 1. The number of carbonyl (C=O) groups is 2. The number of rotatable bonds is 7. The van der Waals surface area contributed by atoms with E-state index in [1.165, 1.54) is 0 Å². The van der Waals surface area contributed by atoms with Crippen molar-refractivity contribution < 1.29 is 14.3 Å². The molecule has 11 nitrogen and oxygen atoms in total. The first-order valence-corrected chi connectivity index (χ1v) is 15.8. The Morgan fingerprint density at radius 2 is 1.86 bits per heavy atom. The minimum atomic E-state index is -0.701. The zero-order valence-electron chi connectivity index (χ0n) is 25.0. The Morgan fingerprint density at radius 1 is 1.05 bits per heavy atom. The van der Waals surface area contributed by atoms with Gasteiger partial charge in [0, 0.05) is 68.5 Å². The largest absolute Gasteiger partial charge is 0.379 e. The van der Waals surface area contributed by atoms with E-state index >= 15 is 0 Å². The van der Waals surface area contributed by atoms with Crippen molar-refractivity contribution in [1.82, 2.24) is 25.2 Å². The lowest BCUT2D eigenvalue weighted by Crippen LogP contribution is -2.49. The van der Waals surface area contributed by atoms with Gasteiger partial charge in [-0.1, -0.05) is 12.1 Å². The average molecular weight is 598 g/mol. The van der Waals surface area contributed by atoms with Crippen molar-refractivity contribution >= 4 is 23.5 Å². The van der Waals surface area contributed by atoms with E-state index in [4.69, 9.17) is 9.72 Å². The topological polar surface area (TPSA) is 124 Å². The van der Waals surface area contributed by atoms with Gasteiger partial charge in [-0.25, -0.2) is 4.98 Å². The summed E-state index contributed by atoms with van der Waals surface area (Å²) < 4.78 is 5.42. The van der Waals surface area contributed by atoms with Crippen molar-refractivity contribution in [3.63, 3.8) is 0 Å². The molecule has 1 spiro atoms. The summed E-state index contributed by atoms with van der Waals surface area (Å²) in [6.45, 7) is 6.09. The lowest BCUT2D eigenvalue weighted by molar-refractivity contribution is -0.124. The van der Waals surface area contributed by atoms with Crippen molar-refractivity contribution in [3.05, 3.63) is 81.0 Å². The van der Waals surface area contributed by atoms with Gasteiger partial charge >= 0.3 is 0 Å². The number of hydrogen-bond acceptors (Lipinski definition) is 8. The molecule has 11 heteroatoms. The number of aromatic amines is 1. The zero-order chi connectivity index (χ0) is 30.1. The predicted molar refractivity (Wildman–Crippen MR) is 166 cm³/mol. The molecule has 2 aromatic heterocycles. The van der Waals surface area contributed by atoms with Crippen LogP contribution >= 0.6 is 0 Å². The molecule has 2 N–H and O–H groups in total. The number of piperidine rings is 1. The Morgan fingerprint density at radius 3 is 2.66 bits per heavy atom. The second-order valence-corrected chi connectivity index (χ2v) is 12.3. The number of anilines is 2. The molecule has 2 fully saturated rings. The molecule has 0 saturated carbocycles. The molecular weight excluding hydrogens is 558 g/mol. The second-order valence-electron chi connectivity index (χ2n) is 12.3. The molecule has 5 heterocycles. The van der Waals surface area contributed by atoms with Crippen molar-refractivity contribution in [3.8, 4) is 0 Å². The maximum atomic E-state index is 14.4. The number of hydrogen-bond donors (Lipinski definition) is 2. The molecule has 230 valence electrons. The minimum Gasteiger partial charge on any atom is -0.379 e. The van der Waals surface area contributed by atoms with Gasteiger partial charge < -0.3 is 19.9 Å². The number of aryl methyl sites for hydroxylation is 1. The fraction of sp³-hybridized carbons (Fsp3) is 0.485. The minimum absolute atomic E-state index is 0.0364. The summed E-state index contributed by atoms with van der Waals surface area (Å²) >= 11 is 0. The Balaban J connectivity index is 1.13. The summed E-state index contributed by atoms with van der Waals surface area (Å²) in [4.78, 5) is 58.7. The molecule has 2 saturated heterocycles. The highest BCUT2D eigenvalue weighted by molar-refractivity contribution is 6.09. The van der Waals surface area contributed by atoms with Gasteiger partial charge in [0.2, 0.25) is 11.9 Å². The number of carbonyl (C=O) groups excluding carboxylic acids is 2. The van der Waals surface area contributed by atoms with E-state index in [2.05, 4.69) is 25.1 Å². The smallest absolute Gasteiger partial charge is 0.255 e. The van der Waals surface area contributed by atoms with E-state index in [9.17, 15) is 14.4 Å². The first kappa shape index (κ1) is 28.7. The SMILES string of the molecule is O=C(NCCN1CCOCC1)c1ccc2c(c1)N(Cc1cccnc1)C(=O)C21CCN(c2nc3c(c(=O)[nH]2)CCCC3)CC1. The van der Waals surface area contributed by atoms with E-state index < -0.39 is 5.41 Å². The molecule has 3 aromatic rings. The fourth-order valence-corrected chi connectivity index (χ4v) is 7.19. The van der Waals surface area contributed by atoms with Gasteiger partial charge in [0.25, 0.3) is 11.5 Å². The van der Waals surface area contributed by atoms with Crippen LogP contribution in [-0.2, 0) is 34.3 Å². The molecule has 2 amide bonds. The van der Waals surface area contributed by atoms with Gasteiger partial charge in [0.15, 0.2) is 0 Å². The molecule has 0 bridgehead atoms. The molecule has 1 aromatic carbocycles. The maximum Gasteiger partial charge on any atom is 0.255 e. The van der Waals surface area contributed by atoms with Crippen molar-refractivity contribution in [2.24, 2.45) is 0 Å². The van der Waals surface area contributed by atoms with Crippen molar-refractivity contribution in [1.29, 1.82) is 0 Å². The predicted octanol–water partition coefficient (Wildman–Crippen LogP) is 2.19. The Hall–Kier alpha value is -4.09. The van der Waals surface area contributed by atoms with Crippen LogP contribution in [0.3, 0.4) is 0 Å². The van der Waals surface area contributed by atoms with Gasteiger partial charge in [0.05, 0.1) is 30.9 Å². The third-order valence-electron chi connectivity index (χ3n) is 9.70. The third-order valence-corrected chi connectivity index (χ3v) is 9.70. The quantitative estimate of drug-likeness (QED) is 0.425. The molecule has 3 aliphatic heterocycles. The molecule has 7 rings (SSSR count). The highest BCUT2D eigenvalue weighted by Gasteiger charge is 2.52. The fourth-order valence-electron chi connectivity index (χ4n) is 7.19. The summed E-state index contributed by atoms with van der Waals surface area (Å²) in [6, 6.07) is 9.53. The van der Waals surface area contributed by atoms with Gasteiger partial charge in [-0.05, 0) is 67.9 Å². The number of ether oxygens (including phenoxy) is 1. The lowest BCUT2D eigenvalue weighted by atomic mass is 9.73. The summed E-state index contributed by atoms with van der Waals surface area (Å²) in [7, 11) is 0. The highest BCUT2D eigenvalue weighted by Crippen LogP contribution is 2.49. The van der Waals surface area contributed by atoms with Crippen LogP contribution in [0.15, 0.2) is 47.5 Å². The highest BCUT2D eigenvalue weighted by atomic mass is 16.5. The van der Waals surface area contributed by atoms with Crippen LogP contribution in [0.1, 0.15) is 58.4 Å². The zero-order valence-corrected chi connectivity index (χ0v) is 25.0. The number of amides is 2. The summed E-state index contributed by atoms with van der Waals surface area (Å²) in [5, 5.41) is 3.06. The summed E-state index contributed by atoms with van der Waals surface area (Å²) in [5.74, 6) is 0.508. The molecule has 0 atom stereocenters. The van der Waals surface area contributed by atoms with Crippen molar-refractivity contribution in [2.45, 2.75) is 50.5 Å². The second kappa shape index (κ2) is 12.1. The molecule has 44 heavy (non-hydrogen) atoms. The van der Waals surface area contributed by atoms with Crippen LogP contribution < -0.4 is 20.7 Å². The molecule has 0 radical (unpaired) electrons. The van der Waals surface area contributed by atoms with Gasteiger partial charge in [-0.3, -0.25) is 29.3 Å². The first-order valence-electron chi connectivity index (χ1n) is 15.8. The number of nitrogens with one attached hydrogen (secondary N) is 2. The van der Waals surface area contributed by atoms with Crippen molar-refractivity contribution in [2.75, 3.05) is 62.3 Å². The summed E-state index contributed by atoms with van der Waals surface area (Å²) in [6.07, 6.45) is 8.38. The third kappa shape index (κ3) is 5.39. The molecule has 0 unspecified atom stereocenters. The van der Waals surface area contributed by atoms with E-state index in [1.807, 2.05) is 35.2 Å². The normalized spacial score (nSPS) is 19.6. The number of morpholine rings is 1. The number of aromatic nitrogens is 3. The molecular formula is C33H39N7O4. The van der Waals surface area contributed by atoms with Crippen LogP contribution in [-0.4, -0.2) is 84.1 Å². The average Bonchev–Trinajstić information content (AvgIpc) is 3.28. The van der Waals surface area contributed by atoms with Gasteiger partial charge in [-0.15, -0.1) is 0 Å².